The highest BCUT2D eigenvalue weighted by molar-refractivity contribution is 5.79. The minimum Gasteiger partial charge on any atom is -0.481 e. The number of benzene rings is 1. The number of hydrogen-bond donors (Lipinski definition) is 1. The first-order chi connectivity index (χ1) is 7.75. The van der Waals surface area contributed by atoms with Gasteiger partial charge in [-0.15, -0.1) is 0 Å². The van der Waals surface area contributed by atoms with Crippen LogP contribution in [-0.4, -0.2) is 11.1 Å². The molecule has 2 heteroatoms. The Kier molecular flexibility index (Phi) is 1.96. The molecule has 0 unspecified atom stereocenters. The third kappa shape index (κ3) is 1.30. The van der Waals surface area contributed by atoms with Crippen LogP contribution in [0, 0.1) is 0 Å². The average molecular weight is 212 g/mol. The lowest BCUT2D eigenvalue weighted by Crippen LogP contribution is -2.07. The predicted octanol–water partition coefficient (Wildman–Crippen LogP) is 2.45. The van der Waals surface area contributed by atoms with E-state index in [4.69, 9.17) is 5.11 Å². The van der Waals surface area contributed by atoms with E-state index in [9.17, 15) is 4.79 Å². The predicted molar refractivity (Wildman–Crippen MR) is 63.3 cm³/mol. The molecule has 2 aliphatic rings. The van der Waals surface area contributed by atoms with Crippen LogP contribution in [0.15, 0.2) is 18.2 Å². The lowest BCUT2D eigenvalue weighted by molar-refractivity contribution is -0.136. The maximum atomic E-state index is 10.9. The van der Waals surface area contributed by atoms with Crippen molar-refractivity contribution in [3.8, 4) is 0 Å². The Bertz CT molecular complexity index is 536. The van der Waals surface area contributed by atoms with Crippen molar-refractivity contribution in [3.63, 3.8) is 0 Å². The van der Waals surface area contributed by atoms with Crippen molar-refractivity contribution in [2.24, 2.45) is 0 Å². The van der Waals surface area contributed by atoms with Crippen molar-refractivity contribution >= 4 is 18.1 Å². The van der Waals surface area contributed by atoms with Crippen LogP contribution in [0.4, 0.5) is 0 Å². The highest BCUT2D eigenvalue weighted by Gasteiger charge is 2.20. The number of hydrogen-bond acceptors (Lipinski definition) is 1. The second kappa shape index (κ2) is 3.34. The first-order valence-corrected chi connectivity index (χ1v) is 5.48. The van der Waals surface area contributed by atoms with Gasteiger partial charge >= 0.3 is 5.97 Å². The van der Waals surface area contributed by atoms with Gasteiger partial charge in [-0.25, -0.2) is 0 Å². The molecule has 3 rings (SSSR count). The minimum atomic E-state index is -0.747. The molecule has 0 heterocycles. The Hall–Kier alpha value is -1.83. The van der Waals surface area contributed by atoms with Gasteiger partial charge in [0, 0.05) is 0 Å². The van der Waals surface area contributed by atoms with Crippen molar-refractivity contribution in [2.45, 2.75) is 19.3 Å². The Morgan fingerprint density at radius 1 is 1.25 bits per heavy atom. The van der Waals surface area contributed by atoms with E-state index in [-0.39, 0.29) is 6.42 Å². The molecule has 2 nitrogen and oxygen atoms in total. The molecule has 0 radical (unpaired) electrons. The van der Waals surface area contributed by atoms with Gasteiger partial charge in [-0.2, -0.15) is 0 Å². The van der Waals surface area contributed by atoms with E-state index in [1.165, 1.54) is 16.7 Å². The molecule has 0 aliphatic heterocycles. The maximum Gasteiger partial charge on any atom is 0.307 e. The standard InChI is InChI=1S/C14H12O2/c15-14(16)8-13-11-5-1-3-9(11)7-10-4-2-6-12(10)13/h1-3,6-7H,4-5,8H2,(H,15,16). The molecule has 1 aromatic rings. The second-order valence-corrected chi connectivity index (χ2v) is 4.28. The molecule has 0 spiro atoms. The van der Waals surface area contributed by atoms with Gasteiger partial charge in [0.25, 0.3) is 0 Å². The van der Waals surface area contributed by atoms with Crippen molar-refractivity contribution in [1.82, 2.24) is 0 Å². The van der Waals surface area contributed by atoms with Crippen LogP contribution >= 0.6 is 0 Å². The summed E-state index contributed by atoms with van der Waals surface area (Å²) < 4.78 is 0. The first-order valence-electron chi connectivity index (χ1n) is 5.48. The van der Waals surface area contributed by atoms with Gasteiger partial charge in [0.15, 0.2) is 0 Å². The van der Waals surface area contributed by atoms with Gasteiger partial charge in [-0.3, -0.25) is 4.79 Å². The summed E-state index contributed by atoms with van der Waals surface area (Å²) >= 11 is 0. The van der Waals surface area contributed by atoms with Crippen molar-refractivity contribution in [3.05, 3.63) is 46.0 Å². The van der Waals surface area contributed by atoms with E-state index >= 15 is 0 Å². The molecular formula is C14H12O2. The summed E-state index contributed by atoms with van der Waals surface area (Å²) in [6.45, 7) is 0. The molecule has 0 saturated carbocycles. The van der Waals surface area contributed by atoms with E-state index in [1.54, 1.807) is 0 Å². The smallest absolute Gasteiger partial charge is 0.307 e. The summed E-state index contributed by atoms with van der Waals surface area (Å²) in [5, 5.41) is 8.98. The summed E-state index contributed by atoms with van der Waals surface area (Å²) in [7, 11) is 0. The number of carboxylic acids is 1. The van der Waals surface area contributed by atoms with Crippen molar-refractivity contribution < 1.29 is 9.90 Å². The number of fused-ring (bicyclic) bond motifs is 2. The van der Waals surface area contributed by atoms with Crippen LogP contribution in [0.3, 0.4) is 0 Å². The summed E-state index contributed by atoms with van der Waals surface area (Å²) in [5.41, 5.74) is 5.83. The molecule has 1 N–H and O–H groups in total. The van der Waals surface area contributed by atoms with E-state index in [2.05, 4.69) is 30.4 Å². The van der Waals surface area contributed by atoms with E-state index in [1.807, 2.05) is 0 Å². The first kappa shape index (κ1) is 9.40. The highest BCUT2D eigenvalue weighted by Crippen LogP contribution is 2.33. The third-order valence-corrected chi connectivity index (χ3v) is 3.28. The van der Waals surface area contributed by atoms with Crippen molar-refractivity contribution in [2.75, 3.05) is 0 Å². The molecule has 0 amide bonds. The normalized spacial score (nSPS) is 15.2. The van der Waals surface area contributed by atoms with E-state index < -0.39 is 5.97 Å². The van der Waals surface area contributed by atoms with Crippen LogP contribution in [-0.2, 0) is 24.1 Å². The second-order valence-electron chi connectivity index (χ2n) is 4.28. The SMILES string of the molecule is O=C(O)Cc1c2c(cc3c1CC=C3)CC=C2. The molecule has 2 aliphatic carbocycles. The van der Waals surface area contributed by atoms with Crippen LogP contribution in [0.2, 0.25) is 0 Å². The molecule has 1 aromatic carbocycles. The lowest BCUT2D eigenvalue weighted by atomic mass is 9.92. The minimum absolute atomic E-state index is 0.136. The monoisotopic (exact) mass is 212 g/mol. The largest absolute Gasteiger partial charge is 0.481 e. The van der Waals surface area contributed by atoms with Gasteiger partial charge in [0.2, 0.25) is 0 Å². The van der Waals surface area contributed by atoms with Gasteiger partial charge in [-0.1, -0.05) is 30.4 Å². The fraction of sp³-hybridized carbons (Fsp3) is 0.214. The fourth-order valence-corrected chi connectivity index (χ4v) is 2.61. The van der Waals surface area contributed by atoms with Gasteiger partial charge in [0.05, 0.1) is 6.42 Å². The maximum absolute atomic E-state index is 10.9. The number of rotatable bonds is 2. The number of carboxylic acid groups (broad SMARTS) is 1. The Morgan fingerprint density at radius 3 is 2.88 bits per heavy atom. The quantitative estimate of drug-likeness (QED) is 0.817. The lowest BCUT2D eigenvalue weighted by Gasteiger charge is -2.12. The molecule has 16 heavy (non-hydrogen) atoms. The zero-order valence-corrected chi connectivity index (χ0v) is 8.86. The summed E-state index contributed by atoms with van der Waals surface area (Å²) in [6.07, 6.45) is 10.3. The molecule has 0 bridgehead atoms. The van der Waals surface area contributed by atoms with E-state index in [0.29, 0.717) is 0 Å². The topological polar surface area (TPSA) is 37.3 Å². The van der Waals surface area contributed by atoms with Crippen LogP contribution in [0.1, 0.15) is 27.8 Å². The molecule has 0 atom stereocenters. The average Bonchev–Trinajstić information content (AvgIpc) is 2.83. The van der Waals surface area contributed by atoms with Crippen molar-refractivity contribution in [1.29, 1.82) is 0 Å². The van der Waals surface area contributed by atoms with Crippen LogP contribution < -0.4 is 0 Å². The molecule has 0 fully saturated rings. The summed E-state index contributed by atoms with van der Waals surface area (Å²) in [6, 6.07) is 2.19. The summed E-state index contributed by atoms with van der Waals surface area (Å²) in [4.78, 5) is 10.9. The molecule has 0 saturated heterocycles. The fourth-order valence-electron chi connectivity index (χ4n) is 2.61. The summed E-state index contributed by atoms with van der Waals surface area (Å²) in [5.74, 6) is -0.747. The molecule has 0 aromatic heterocycles. The molecule has 80 valence electrons. The Morgan fingerprint density at radius 2 is 2.06 bits per heavy atom. The number of carbonyl (C=O) groups is 1. The van der Waals surface area contributed by atoms with Gasteiger partial charge in [-0.05, 0) is 40.7 Å². The van der Waals surface area contributed by atoms with Crippen LogP contribution in [0.5, 0.6) is 0 Å². The zero-order chi connectivity index (χ0) is 11.1. The number of aliphatic carboxylic acids is 1. The Labute approximate surface area is 93.9 Å². The van der Waals surface area contributed by atoms with Gasteiger partial charge < -0.3 is 5.11 Å². The van der Waals surface area contributed by atoms with Crippen LogP contribution in [0.25, 0.3) is 12.2 Å². The third-order valence-electron chi connectivity index (χ3n) is 3.28. The van der Waals surface area contributed by atoms with E-state index in [0.717, 1.165) is 24.0 Å². The zero-order valence-electron chi connectivity index (χ0n) is 8.86. The molecular weight excluding hydrogens is 200 g/mol. The highest BCUT2D eigenvalue weighted by atomic mass is 16.4. The number of allylic oxidation sites excluding steroid dienone is 2. The Balaban J connectivity index is 2.20. The van der Waals surface area contributed by atoms with Gasteiger partial charge in [0.1, 0.15) is 0 Å².